The first-order valence-electron chi connectivity index (χ1n) is 7.17. The summed E-state index contributed by atoms with van der Waals surface area (Å²) in [6.45, 7) is 0.703. The number of carbonyl (C=O) groups excluding carboxylic acids is 1. The van der Waals surface area contributed by atoms with Gasteiger partial charge in [-0.2, -0.15) is 5.10 Å². The molecule has 5 heteroatoms. The maximum atomic E-state index is 12.2. The van der Waals surface area contributed by atoms with Crippen LogP contribution in [0.3, 0.4) is 0 Å². The molecule has 0 radical (unpaired) electrons. The SMILES string of the molecule is O=C(NCC1(CCCl)CC1)c1cnn(-c2ccccc2)c1. The molecule has 0 spiro atoms. The van der Waals surface area contributed by atoms with Crippen LogP contribution in [0.25, 0.3) is 5.69 Å². The van der Waals surface area contributed by atoms with Crippen LogP contribution >= 0.6 is 11.6 Å². The number of benzene rings is 1. The second kappa shape index (κ2) is 5.90. The standard InChI is InChI=1S/C16H18ClN3O/c17-9-8-16(6-7-16)12-18-15(21)13-10-19-20(11-13)14-4-2-1-3-5-14/h1-5,10-11H,6-9,12H2,(H,18,21). The molecule has 1 fully saturated rings. The molecule has 0 bridgehead atoms. The Labute approximate surface area is 129 Å². The third kappa shape index (κ3) is 3.27. The van der Waals surface area contributed by atoms with Gasteiger partial charge in [0.1, 0.15) is 0 Å². The Morgan fingerprint density at radius 3 is 2.76 bits per heavy atom. The first-order valence-corrected chi connectivity index (χ1v) is 7.70. The van der Waals surface area contributed by atoms with Crippen molar-refractivity contribution >= 4 is 17.5 Å². The zero-order chi connectivity index (χ0) is 14.7. The minimum atomic E-state index is -0.0713. The van der Waals surface area contributed by atoms with E-state index in [1.54, 1.807) is 17.1 Å². The number of hydrogen-bond donors (Lipinski definition) is 1. The van der Waals surface area contributed by atoms with Crippen LogP contribution in [0.2, 0.25) is 0 Å². The van der Waals surface area contributed by atoms with Crippen LogP contribution in [0.5, 0.6) is 0 Å². The number of alkyl halides is 1. The lowest BCUT2D eigenvalue weighted by molar-refractivity contribution is 0.0944. The van der Waals surface area contributed by atoms with E-state index in [1.165, 1.54) is 0 Å². The van der Waals surface area contributed by atoms with Crippen molar-refractivity contribution in [3.8, 4) is 5.69 Å². The Hall–Kier alpha value is -1.81. The van der Waals surface area contributed by atoms with Crippen LogP contribution in [0.4, 0.5) is 0 Å². The minimum absolute atomic E-state index is 0.0713. The van der Waals surface area contributed by atoms with Crippen molar-refractivity contribution in [2.24, 2.45) is 5.41 Å². The number of nitrogens with zero attached hydrogens (tertiary/aromatic N) is 2. The molecule has 1 heterocycles. The maximum absolute atomic E-state index is 12.2. The van der Waals surface area contributed by atoms with Gasteiger partial charge in [-0.25, -0.2) is 4.68 Å². The molecule has 110 valence electrons. The van der Waals surface area contributed by atoms with Crippen molar-refractivity contribution in [3.63, 3.8) is 0 Å². The van der Waals surface area contributed by atoms with Gasteiger partial charge in [-0.05, 0) is 36.8 Å². The number of aromatic nitrogens is 2. The normalized spacial score (nSPS) is 15.7. The zero-order valence-corrected chi connectivity index (χ0v) is 12.5. The van der Waals surface area contributed by atoms with Crippen LogP contribution in [0.15, 0.2) is 42.7 Å². The third-order valence-electron chi connectivity index (χ3n) is 4.07. The molecule has 21 heavy (non-hydrogen) atoms. The average Bonchev–Trinajstić information content (AvgIpc) is 3.10. The molecule has 3 rings (SSSR count). The van der Waals surface area contributed by atoms with Gasteiger partial charge in [-0.1, -0.05) is 18.2 Å². The largest absolute Gasteiger partial charge is 0.351 e. The van der Waals surface area contributed by atoms with E-state index in [2.05, 4.69) is 10.4 Å². The van der Waals surface area contributed by atoms with Gasteiger partial charge in [0.25, 0.3) is 5.91 Å². The van der Waals surface area contributed by atoms with Crippen LogP contribution in [0.1, 0.15) is 29.6 Å². The molecule has 1 aromatic carbocycles. The summed E-state index contributed by atoms with van der Waals surface area (Å²) in [7, 11) is 0. The van der Waals surface area contributed by atoms with Crippen molar-refractivity contribution in [1.82, 2.24) is 15.1 Å². The van der Waals surface area contributed by atoms with E-state index in [1.807, 2.05) is 30.3 Å². The summed E-state index contributed by atoms with van der Waals surface area (Å²) >= 11 is 5.80. The molecule has 0 aliphatic heterocycles. The Balaban J connectivity index is 1.62. The van der Waals surface area contributed by atoms with Crippen LogP contribution in [-0.2, 0) is 0 Å². The fourth-order valence-electron chi connectivity index (χ4n) is 2.42. The number of nitrogens with one attached hydrogen (secondary N) is 1. The predicted molar refractivity (Wildman–Crippen MR) is 82.9 cm³/mol. The molecule has 1 saturated carbocycles. The van der Waals surface area contributed by atoms with Crippen LogP contribution in [0, 0.1) is 5.41 Å². The molecule has 1 aliphatic rings. The van der Waals surface area contributed by atoms with Gasteiger partial charge in [0.2, 0.25) is 0 Å². The van der Waals surface area contributed by atoms with Crippen molar-refractivity contribution in [2.45, 2.75) is 19.3 Å². The summed E-state index contributed by atoms with van der Waals surface area (Å²) in [5.41, 5.74) is 1.77. The Morgan fingerprint density at radius 2 is 2.10 bits per heavy atom. The molecule has 2 aromatic rings. The van der Waals surface area contributed by atoms with Gasteiger partial charge in [0.15, 0.2) is 0 Å². The molecule has 4 nitrogen and oxygen atoms in total. The molecule has 0 unspecified atom stereocenters. The van der Waals surface area contributed by atoms with Crippen molar-refractivity contribution in [3.05, 3.63) is 48.3 Å². The van der Waals surface area contributed by atoms with Gasteiger partial charge >= 0.3 is 0 Å². The summed E-state index contributed by atoms with van der Waals surface area (Å²) in [4.78, 5) is 12.2. The average molecular weight is 304 g/mol. The molecule has 1 amide bonds. The highest BCUT2D eigenvalue weighted by atomic mass is 35.5. The molecular formula is C16H18ClN3O. The lowest BCUT2D eigenvalue weighted by Gasteiger charge is -2.13. The van der Waals surface area contributed by atoms with Gasteiger partial charge < -0.3 is 5.32 Å². The summed E-state index contributed by atoms with van der Waals surface area (Å²) in [6.07, 6.45) is 6.64. The van der Waals surface area contributed by atoms with Gasteiger partial charge in [-0.15, -0.1) is 11.6 Å². The lowest BCUT2D eigenvalue weighted by Crippen LogP contribution is -2.30. The fourth-order valence-corrected chi connectivity index (χ4v) is 2.83. The van der Waals surface area contributed by atoms with E-state index in [0.717, 1.165) is 24.9 Å². The topological polar surface area (TPSA) is 46.9 Å². The summed E-state index contributed by atoms with van der Waals surface area (Å²) in [6, 6.07) is 9.74. The minimum Gasteiger partial charge on any atom is -0.351 e. The molecule has 1 aromatic heterocycles. The molecule has 1 N–H and O–H groups in total. The first-order chi connectivity index (χ1) is 10.2. The number of carbonyl (C=O) groups is 1. The Morgan fingerprint density at radius 1 is 1.33 bits per heavy atom. The maximum Gasteiger partial charge on any atom is 0.254 e. The number of amides is 1. The number of hydrogen-bond acceptors (Lipinski definition) is 2. The molecule has 0 saturated heterocycles. The Kier molecular flexibility index (Phi) is 3.97. The van der Waals surface area contributed by atoms with E-state index in [0.29, 0.717) is 18.0 Å². The highest BCUT2D eigenvalue weighted by Crippen LogP contribution is 2.48. The fraction of sp³-hybridized carbons (Fsp3) is 0.375. The number of rotatable bonds is 6. The quantitative estimate of drug-likeness (QED) is 0.834. The summed E-state index contributed by atoms with van der Waals surface area (Å²) < 4.78 is 1.71. The van der Waals surface area contributed by atoms with E-state index in [9.17, 15) is 4.79 Å². The third-order valence-corrected chi connectivity index (χ3v) is 4.26. The van der Waals surface area contributed by atoms with Crippen molar-refractivity contribution in [1.29, 1.82) is 0 Å². The highest BCUT2D eigenvalue weighted by molar-refractivity contribution is 6.17. The van der Waals surface area contributed by atoms with E-state index in [-0.39, 0.29) is 11.3 Å². The van der Waals surface area contributed by atoms with Gasteiger partial charge in [0, 0.05) is 18.6 Å². The van der Waals surface area contributed by atoms with E-state index in [4.69, 9.17) is 11.6 Å². The van der Waals surface area contributed by atoms with Crippen LogP contribution < -0.4 is 5.32 Å². The molecular weight excluding hydrogens is 286 g/mol. The molecule has 0 atom stereocenters. The first kappa shape index (κ1) is 14.1. The molecule has 1 aliphatic carbocycles. The van der Waals surface area contributed by atoms with E-state index < -0.39 is 0 Å². The van der Waals surface area contributed by atoms with Crippen molar-refractivity contribution < 1.29 is 4.79 Å². The second-order valence-electron chi connectivity index (χ2n) is 5.63. The zero-order valence-electron chi connectivity index (χ0n) is 11.8. The summed E-state index contributed by atoms with van der Waals surface area (Å²) in [5.74, 6) is 0.583. The summed E-state index contributed by atoms with van der Waals surface area (Å²) in [5, 5.41) is 7.24. The monoisotopic (exact) mass is 303 g/mol. The smallest absolute Gasteiger partial charge is 0.254 e. The number of para-hydroxylation sites is 1. The number of halogens is 1. The lowest BCUT2D eigenvalue weighted by atomic mass is 10.0. The van der Waals surface area contributed by atoms with Gasteiger partial charge in [0.05, 0.1) is 17.4 Å². The second-order valence-corrected chi connectivity index (χ2v) is 6.01. The van der Waals surface area contributed by atoms with Crippen LogP contribution in [-0.4, -0.2) is 28.1 Å². The van der Waals surface area contributed by atoms with E-state index >= 15 is 0 Å². The highest BCUT2D eigenvalue weighted by Gasteiger charge is 2.41. The predicted octanol–water partition coefficient (Wildman–Crippen LogP) is 3.01. The van der Waals surface area contributed by atoms with Crippen molar-refractivity contribution in [2.75, 3.05) is 12.4 Å². The Bertz CT molecular complexity index is 619. The van der Waals surface area contributed by atoms with Gasteiger partial charge in [-0.3, -0.25) is 4.79 Å².